The number of nitrogens with zero attached hydrogens (tertiary/aromatic N) is 1. The topological polar surface area (TPSA) is 78.5 Å². The molecule has 0 aromatic heterocycles. The van der Waals surface area contributed by atoms with Crippen LogP contribution in [0.3, 0.4) is 0 Å². The van der Waals surface area contributed by atoms with E-state index in [1.165, 1.54) is 17.7 Å². The second-order valence-electron chi connectivity index (χ2n) is 10.3. The largest absolute Gasteiger partial charge is 0.326 e. The summed E-state index contributed by atoms with van der Waals surface area (Å²) in [5, 5.41) is 3.44. The van der Waals surface area contributed by atoms with E-state index < -0.39 is 16.1 Å². The summed E-state index contributed by atoms with van der Waals surface area (Å²) < 4.78 is 29.4. The molecule has 1 amide bonds. The summed E-state index contributed by atoms with van der Waals surface area (Å²) in [7, 11) is -3.89. The Morgan fingerprint density at radius 3 is 2.38 bits per heavy atom. The van der Waals surface area contributed by atoms with Crippen molar-refractivity contribution in [2.75, 3.05) is 25.0 Å². The number of hydrogen-bond donors (Lipinski definition) is 2. The first-order chi connectivity index (χ1) is 18.6. The number of benzene rings is 3. The zero-order chi connectivity index (χ0) is 28.0. The van der Waals surface area contributed by atoms with Crippen LogP contribution in [0.2, 0.25) is 10.0 Å². The molecule has 6 nitrogen and oxygen atoms in total. The Morgan fingerprint density at radius 1 is 0.974 bits per heavy atom. The number of piperidine rings is 1. The Morgan fingerprint density at radius 2 is 1.69 bits per heavy atom. The smallest absolute Gasteiger partial charge is 0.242 e. The van der Waals surface area contributed by atoms with Crippen LogP contribution in [0.15, 0.2) is 77.7 Å². The third-order valence-corrected chi connectivity index (χ3v) is 9.34. The Balaban J connectivity index is 1.39. The average molecular weight is 589 g/mol. The van der Waals surface area contributed by atoms with Crippen molar-refractivity contribution in [3.63, 3.8) is 0 Å². The SMILES string of the molecule is CC(C)C(=O)Nc1cccc(C2CCN(CCC(NS(=O)(=O)c3cc(Cl)ccc3Cl)c3ccccc3)CC2)c1. The molecule has 1 unspecified atom stereocenters. The number of rotatable bonds is 10. The second kappa shape index (κ2) is 13.3. The van der Waals surface area contributed by atoms with E-state index in [1.807, 2.05) is 56.3 Å². The molecule has 208 valence electrons. The fraction of sp³-hybridized carbons (Fsp3) is 0.367. The molecule has 1 heterocycles. The van der Waals surface area contributed by atoms with E-state index in [4.69, 9.17) is 23.2 Å². The van der Waals surface area contributed by atoms with Crippen LogP contribution in [0.5, 0.6) is 0 Å². The number of halogens is 2. The number of hydrogen-bond acceptors (Lipinski definition) is 4. The van der Waals surface area contributed by atoms with Crippen LogP contribution in [0.1, 0.15) is 56.2 Å². The van der Waals surface area contributed by atoms with Crippen LogP contribution in [0.4, 0.5) is 5.69 Å². The number of carbonyl (C=O) groups is 1. The molecule has 1 atom stereocenters. The molecule has 0 aliphatic carbocycles. The third kappa shape index (κ3) is 8.05. The molecule has 3 aromatic rings. The van der Waals surface area contributed by atoms with Gasteiger partial charge in [-0.2, -0.15) is 0 Å². The van der Waals surface area contributed by atoms with Crippen molar-refractivity contribution in [2.45, 2.75) is 50.0 Å². The molecule has 1 aliphatic heterocycles. The molecule has 4 rings (SSSR count). The molecule has 2 N–H and O–H groups in total. The Kier molecular flexibility index (Phi) is 10.1. The number of carbonyl (C=O) groups excluding carboxylic acids is 1. The van der Waals surface area contributed by atoms with Crippen molar-refractivity contribution in [2.24, 2.45) is 5.92 Å². The molecular weight excluding hydrogens is 553 g/mol. The van der Waals surface area contributed by atoms with Gasteiger partial charge in [-0.05, 0) is 86.3 Å². The van der Waals surface area contributed by atoms with Crippen molar-refractivity contribution in [3.05, 3.63) is 94.0 Å². The first-order valence-corrected chi connectivity index (χ1v) is 15.5. The van der Waals surface area contributed by atoms with Gasteiger partial charge in [-0.3, -0.25) is 4.79 Å². The van der Waals surface area contributed by atoms with E-state index >= 15 is 0 Å². The van der Waals surface area contributed by atoms with Crippen LogP contribution in [-0.2, 0) is 14.8 Å². The molecule has 3 aromatic carbocycles. The fourth-order valence-electron chi connectivity index (χ4n) is 4.87. The minimum Gasteiger partial charge on any atom is -0.326 e. The third-order valence-electron chi connectivity index (χ3n) is 7.15. The number of sulfonamides is 1. The van der Waals surface area contributed by atoms with Gasteiger partial charge in [-0.15, -0.1) is 0 Å². The highest BCUT2D eigenvalue weighted by atomic mass is 35.5. The molecule has 9 heteroatoms. The van der Waals surface area contributed by atoms with Gasteiger partial charge < -0.3 is 10.2 Å². The molecule has 0 saturated carbocycles. The van der Waals surface area contributed by atoms with Gasteiger partial charge >= 0.3 is 0 Å². The maximum atomic E-state index is 13.3. The Hall–Kier alpha value is -2.42. The number of anilines is 1. The predicted octanol–water partition coefficient (Wildman–Crippen LogP) is 6.88. The van der Waals surface area contributed by atoms with Gasteiger partial charge in [0.25, 0.3) is 0 Å². The summed E-state index contributed by atoms with van der Waals surface area (Å²) in [6.07, 6.45) is 2.62. The highest BCUT2D eigenvalue weighted by Crippen LogP contribution is 2.31. The normalized spacial score (nSPS) is 15.8. The number of nitrogens with one attached hydrogen (secondary N) is 2. The molecule has 1 aliphatic rings. The summed E-state index contributed by atoms with van der Waals surface area (Å²) in [4.78, 5) is 14.5. The van der Waals surface area contributed by atoms with Crippen molar-refractivity contribution >= 4 is 44.8 Å². The lowest BCUT2D eigenvalue weighted by Crippen LogP contribution is -2.36. The average Bonchev–Trinajstić information content (AvgIpc) is 2.93. The lowest BCUT2D eigenvalue weighted by atomic mass is 9.89. The number of likely N-dealkylation sites (tertiary alicyclic amines) is 1. The van der Waals surface area contributed by atoms with Crippen molar-refractivity contribution in [1.82, 2.24) is 9.62 Å². The maximum absolute atomic E-state index is 13.3. The predicted molar refractivity (Wildman–Crippen MR) is 159 cm³/mol. The van der Waals surface area contributed by atoms with Crippen LogP contribution < -0.4 is 10.0 Å². The van der Waals surface area contributed by atoms with E-state index in [-0.39, 0.29) is 21.7 Å². The summed E-state index contributed by atoms with van der Waals surface area (Å²) in [5.41, 5.74) is 2.98. The number of amides is 1. The zero-order valence-electron chi connectivity index (χ0n) is 22.2. The van der Waals surface area contributed by atoms with E-state index in [0.29, 0.717) is 17.4 Å². The quantitative estimate of drug-likeness (QED) is 0.271. The van der Waals surface area contributed by atoms with Crippen LogP contribution >= 0.6 is 23.2 Å². The summed E-state index contributed by atoms with van der Waals surface area (Å²) in [6.45, 7) is 6.36. The highest BCUT2D eigenvalue weighted by Gasteiger charge is 2.26. The first-order valence-electron chi connectivity index (χ1n) is 13.3. The van der Waals surface area contributed by atoms with E-state index in [2.05, 4.69) is 27.1 Å². The highest BCUT2D eigenvalue weighted by molar-refractivity contribution is 7.89. The van der Waals surface area contributed by atoms with Gasteiger partial charge in [0.1, 0.15) is 4.90 Å². The van der Waals surface area contributed by atoms with E-state index in [9.17, 15) is 13.2 Å². The molecule has 1 fully saturated rings. The summed E-state index contributed by atoms with van der Waals surface area (Å²) in [6, 6.07) is 21.8. The minimum absolute atomic E-state index is 0.0168. The second-order valence-corrected chi connectivity index (χ2v) is 12.9. The maximum Gasteiger partial charge on any atom is 0.242 e. The molecule has 1 saturated heterocycles. The van der Waals surface area contributed by atoms with Gasteiger partial charge in [0.15, 0.2) is 0 Å². The molecule has 0 radical (unpaired) electrons. The van der Waals surface area contributed by atoms with Gasteiger partial charge in [0.05, 0.1) is 5.02 Å². The van der Waals surface area contributed by atoms with Gasteiger partial charge in [-0.1, -0.05) is 79.5 Å². The van der Waals surface area contributed by atoms with Crippen molar-refractivity contribution in [1.29, 1.82) is 0 Å². The lowest BCUT2D eigenvalue weighted by molar-refractivity contribution is -0.118. The summed E-state index contributed by atoms with van der Waals surface area (Å²) >= 11 is 12.3. The first kappa shape index (κ1) is 29.6. The summed E-state index contributed by atoms with van der Waals surface area (Å²) in [5.74, 6) is 0.373. The minimum atomic E-state index is -3.89. The lowest BCUT2D eigenvalue weighted by Gasteiger charge is -2.33. The van der Waals surface area contributed by atoms with Crippen LogP contribution in [-0.4, -0.2) is 38.9 Å². The van der Waals surface area contributed by atoms with Crippen molar-refractivity contribution in [3.8, 4) is 0 Å². The molecule has 0 bridgehead atoms. The van der Waals surface area contributed by atoms with Gasteiger partial charge in [-0.25, -0.2) is 13.1 Å². The monoisotopic (exact) mass is 587 g/mol. The molecule has 39 heavy (non-hydrogen) atoms. The van der Waals surface area contributed by atoms with Crippen LogP contribution in [0, 0.1) is 5.92 Å². The molecular formula is C30H35Cl2N3O3S. The van der Waals surface area contributed by atoms with E-state index in [0.717, 1.165) is 43.7 Å². The Bertz CT molecular complexity index is 1380. The zero-order valence-corrected chi connectivity index (χ0v) is 24.6. The molecule has 0 spiro atoms. The van der Waals surface area contributed by atoms with Crippen LogP contribution in [0.25, 0.3) is 0 Å². The Labute approximate surface area is 241 Å². The van der Waals surface area contributed by atoms with E-state index in [1.54, 1.807) is 6.07 Å². The fourth-order valence-corrected chi connectivity index (χ4v) is 6.89. The van der Waals surface area contributed by atoms with Gasteiger partial charge in [0.2, 0.25) is 15.9 Å². The van der Waals surface area contributed by atoms with Crippen molar-refractivity contribution < 1.29 is 13.2 Å². The van der Waals surface area contributed by atoms with Gasteiger partial charge in [0, 0.05) is 22.7 Å². The standard InChI is InChI=1S/C30H35Cl2N3O3S/c1-21(2)30(36)33-26-10-6-9-24(19-26)22-13-16-35(17-14-22)18-15-28(23-7-4-3-5-8-23)34-39(37,38)29-20-25(31)11-12-27(29)32/h3-12,19-22,28,34H,13-18H2,1-2H3,(H,33,36).